The summed E-state index contributed by atoms with van der Waals surface area (Å²) >= 11 is 0. The van der Waals surface area contributed by atoms with Crippen LogP contribution >= 0.6 is 0 Å². The monoisotopic (exact) mass is 206 g/mol. The van der Waals surface area contributed by atoms with Gasteiger partial charge in [-0.3, -0.25) is 0 Å². The summed E-state index contributed by atoms with van der Waals surface area (Å²) in [5.74, 6) is 1.17. The molecule has 3 N–H and O–H groups in total. The summed E-state index contributed by atoms with van der Waals surface area (Å²) in [5, 5.41) is 3.37. The van der Waals surface area contributed by atoms with Crippen molar-refractivity contribution in [1.82, 2.24) is 9.97 Å². The molecule has 1 unspecified atom stereocenters. The van der Waals surface area contributed by atoms with E-state index in [1.165, 1.54) is 19.3 Å². The highest BCUT2D eigenvalue weighted by atomic mass is 15.1. The fourth-order valence-electron chi connectivity index (χ4n) is 2.19. The van der Waals surface area contributed by atoms with Crippen LogP contribution in [0.1, 0.15) is 33.1 Å². The normalized spacial score (nSPS) is 24.0. The Morgan fingerprint density at radius 3 is 2.93 bits per heavy atom. The molecule has 0 spiro atoms. The van der Waals surface area contributed by atoms with Crippen LogP contribution in [0.2, 0.25) is 0 Å². The van der Waals surface area contributed by atoms with E-state index in [1.807, 2.05) is 0 Å². The molecule has 4 nitrogen and oxygen atoms in total. The molecule has 1 heterocycles. The standard InChI is InChI=1S/C11H18N4/c1-11(2)6-3-4-8(11)14-10-13-7-5-9(12)15-10/h5,7-8H,3-4,6H2,1-2H3,(H3,12,13,14,15). The van der Waals surface area contributed by atoms with E-state index in [0.717, 1.165) is 0 Å². The SMILES string of the molecule is CC1(C)CCCC1Nc1nccc(N)n1. The molecule has 1 aliphatic rings. The summed E-state index contributed by atoms with van der Waals surface area (Å²) < 4.78 is 0. The van der Waals surface area contributed by atoms with Crippen LogP contribution < -0.4 is 11.1 Å². The Labute approximate surface area is 90.3 Å². The zero-order valence-electron chi connectivity index (χ0n) is 9.33. The summed E-state index contributed by atoms with van der Waals surface area (Å²) in [6.07, 6.45) is 5.40. The Hall–Kier alpha value is -1.32. The average molecular weight is 206 g/mol. The molecule has 15 heavy (non-hydrogen) atoms. The zero-order chi connectivity index (χ0) is 10.9. The van der Waals surface area contributed by atoms with Gasteiger partial charge >= 0.3 is 0 Å². The maximum atomic E-state index is 5.61. The Bertz CT molecular complexity index is 348. The van der Waals surface area contributed by atoms with Crippen molar-refractivity contribution in [2.45, 2.75) is 39.2 Å². The second-order valence-electron chi connectivity index (χ2n) is 4.88. The van der Waals surface area contributed by atoms with Crippen LogP contribution in [0.5, 0.6) is 0 Å². The molecule has 1 saturated carbocycles. The van der Waals surface area contributed by atoms with E-state index in [1.54, 1.807) is 12.3 Å². The number of anilines is 2. The molecule has 0 bridgehead atoms. The largest absolute Gasteiger partial charge is 0.384 e. The number of nitrogens with zero attached hydrogens (tertiary/aromatic N) is 2. The molecule has 0 aromatic carbocycles. The summed E-state index contributed by atoms with van der Waals surface area (Å²) in [7, 11) is 0. The molecule has 0 saturated heterocycles. The van der Waals surface area contributed by atoms with Crippen molar-refractivity contribution in [3.8, 4) is 0 Å². The lowest BCUT2D eigenvalue weighted by atomic mass is 9.87. The number of aromatic nitrogens is 2. The topological polar surface area (TPSA) is 63.8 Å². The molecule has 1 aliphatic carbocycles. The van der Waals surface area contributed by atoms with E-state index in [4.69, 9.17) is 5.73 Å². The first-order valence-corrected chi connectivity index (χ1v) is 5.43. The smallest absolute Gasteiger partial charge is 0.224 e. The number of nitrogen functional groups attached to an aromatic ring is 1. The van der Waals surface area contributed by atoms with Crippen molar-refractivity contribution in [3.63, 3.8) is 0 Å². The number of hydrogen-bond donors (Lipinski definition) is 2. The van der Waals surface area contributed by atoms with E-state index in [0.29, 0.717) is 23.2 Å². The molecule has 0 radical (unpaired) electrons. The molecule has 2 rings (SSSR count). The van der Waals surface area contributed by atoms with E-state index in [2.05, 4.69) is 29.1 Å². The quantitative estimate of drug-likeness (QED) is 0.777. The third-order valence-corrected chi connectivity index (χ3v) is 3.24. The molecule has 0 amide bonds. The molecular formula is C11H18N4. The molecule has 82 valence electrons. The fraction of sp³-hybridized carbons (Fsp3) is 0.636. The molecule has 1 atom stereocenters. The molecule has 0 aliphatic heterocycles. The van der Waals surface area contributed by atoms with Crippen molar-refractivity contribution in [2.75, 3.05) is 11.1 Å². The van der Waals surface area contributed by atoms with Gasteiger partial charge in [0.25, 0.3) is 0 Å². The van der Waals surface area contributed by atoms with Crippen LogP contribution in [0.4, 0.5) is 11.8 Å². The minimum absolute atomic E-state index is 0.327. The summed E-state index contributed by atoms with van der Waals surface area (Å²) in [5.41, 5.74) is 5.94. The Morgan fingerprint density at radius 2 is 2.33 bits per heavy atom. The first-order valence-electron chi connectivity index (χ1n) is 5.43. The first-order chi connectivity index (χ1) is 7.08. The molecule has 4 heteroatoms. The fourth-order valence-corrected chi connectivity index (χ4v) is 2.19. The lowest BCUT2D eigenvalue weighted by Gasteiger charge is -2.27. The van der Waals surface area contributed by atoms with Crippen LogP contribution in [-0.4, -0.2) is 16.0 Å². The number of hydrogen-bond acceptors (Lipinski definition) is 4. The first kappa shape index (κ1) is 10.2. The Kier molecular flexibility index (Phi) is 2.50. The highest BCUT2D eigenvalue weighted by molar-refractivity contribution is 5.36. The molecule has 1 aromatic heterocycles. The minimum Gasteiger partial charge on any atom is -0.384 e. The maximum Gasteiger partial charge on any atom is 0.224 e. The second-order valence-corrected chi connectivity index (χ2v) is 4.88. The van der Waals surface area contributed by atoms with Gasteiger partial charge in [0.2, 0.25) is 5.95 Å². The summed E-state index contributed by atoms with van der Waals surface area (Å²) in [6, 6.07) is 2.16. The Balaban J connectivity index is 2.09. The number of nitrogens with one attached hydrogen (secondary N) is 1. The minimum atomic E-state index is 0.327. The predicted octanol–water partition coefficient (Wildman–Crippen LogP) is 2.05. The highest BCUT2D eigenvalue weighted by Gasteiger charge is 2.34. The van der Waals surface area contributed by atoms with Crippen LogP contribution in [-0.2, 0) is 0 Å². The van der Waals surface area contributed by atoms with Crippen LogP contribution in [0, 0.1) is 5.41 Å². The number of nitrogens with two attached hydrogens (primary N) is 1. The van der Waals surface area contributed by atoms with Gasteiger partial charge < -0.3 is 11.1 Å². The van der Waals surface area contributed by atoms with Gasteiger partial charge in [-0.2, -0.15) is 4.98 Å². The Morgan fingerprint density at radius 1 is 1.53 bits per heavy atom. The van der Waals surface area contributed by atoms with E-state index >= 15 is 0 Å². The van der Waals surface area contributed by atoms with Gasteiger partial charge in [0.15, 0.2) is 0 Å². The zero-order valence-corrected chi connectivity index (χ0v) is 9.33. The summed E-state index contributed by atoms with van der Waals surface area (Å²) in [6.45, 7) is 4.56. The maximum absolute atomic E-state index is 5.61. The third-order valence-electron chi connectivity index (χ3n) is 3.24. The van der Waals surface area contributed by atoms with Crippen LogP contribution in [0.25, 0.3) is 0 Å². The number of rotatable bonds is 2. The van der Waals surface area contributed by atoms with Gasteiger partial charge in [-0.05, 0) is 24.3 Å². The molecule has 1 aromatic rings. The third kappa shape index (κ3) is 2.19. The molecule has 1 fully saturated rings. The van der Waals surface area contributed by atoms with E-state index in [9.17, 15) is 0 Å². The van der Waals surface area contributed by atoms with E-state index < -0.39 is 0 Å². The molecular weight excluding hydrogens is 188 g/mol. The summed E-state index contributed by atoms with van der Waals surface area (Å²) in [4.78, 5) is 8.32. The lowest BCUT2D eigenvalue weighted by Crippen LogP contribution is -2.31. The highest BCUT2D eigenvalue weighted by Crippen LogP contribution is 2.38. The van der Waals surface area contributed by atoms with Gasteiger partial charge in [-0.1, -0.05) is 20.3 Å². The van der Waals surface area contributed by atoms with Gasteiger partial charge in [-0.25, -0.2) is 4.98 Å². The van der Waals surface area contributed by atoms with Crippen molar-refractivity contribution >= 4 is 11.8 Å². The van der Waals surface area contributed by atoms with Crippen molar-refractivity contribution in [3.05, 3.63) is 12.3 Å². The van der Waals surface area contributed by atoms with E-state index in [-0.39, 0.29) is 0 Å². The van der Waals surface area contributed by atoms with Gasteiger partial charge in [0.05, 0.1) is 0 Å². The van der Waals surface area contributed by atoms with Gasteiger partial charge in [-0.15, -0.1) is 0 Å². The lowest BCUT2D eigenvalue weighted by molar-refractivity contribution is 0.349. The predicted molar refractivity (Wildman–Crippen MR) is 61.5 cm³/mol. The average Bonchev–Trinajstić information content (AvgIpc) is 2.46. The van der Waals surface area contributed by atoms with Crippen LogP contribution in [0.3, 0.4) is 0 Å². The van der Waals surface area contributed by atoms with Crippen LogP contribution in [0.15, 0.2) is 12.3 Å². The van der Waals surface area contributed by atoms with Crippen molar-refractivity contribution in [1.29, 1.82) is 0 Å². The van der Waals surface area contributed by atoms with Gasteiger partial charge in [0.1, 0.15) is 5.82 Å². The van der Waals surface area contributed by atoms with Crippen molar-refractivity contribution in [2.24, 2.45) is 5.41 Å². The second kappa shape index (κ2) is 3.68. The van der Waals surface area contributed by atoms with Gasteiger partial charge in [0, 0.05) is 12.2 Å². The van der Waals surface area contributed by atoms with Crippen molar-refractivity contribution < 1.29 is 0 Å².